The van der Waals surface area contributed by atoms with Crippen molar-refractivity contribution in [3.05, 3.63) is 225 Å². The van der Waals surface area contributed by atoms with Gasteiger partial charge < -0.3 is 18.9 Å². The van der Waals surface area contributed by atoms with E-state index in [1.807, 2.05) is 56.8 Å². The molecule has 13 rings (SSSR count). The molecule has 1 aliphatic rings. The summed E-state index contributed by atoms with van der Waals surface area (Å²) in [7, 11) is 6.28. The summed E-state index contributed by atoms with van der Waals surface area (Å²) in [4.78, 5) is 48.4. The number of halogens is 1. The summed E-state index contributed by atoms with van der Waals surface area (Å²) >= 11 is 8.04. The van der Waals surface area contributed by atoms with Crippen LogP contribution >= 0.6 is 67.9 Å². The van der Waals surface area contributed by atoms with Crippen LogP contribution in [0.4, 0.5) is 0 Å². The van der Waals surface area contributed by atoms with Gasteiger partial charge in [0.25, 0.3) is 0 Å². The van der Waals surface area contributed by atoms with Gasteiger partial charge in [-0.1, -0.05) is 79.6 Å². The third-order valence-corrected chi connectivity index (χ3v) is 19.9. The fraction of sp³-hybridized carbons (Fsp3) is 0.290. The van der Waals surface area contributed by atoms with Crippen LogP contribution in [0.3, 0.4) is 0 Å². The zero-order valence-electron chi connectivity index (χ0n) is 55.2. The molecule has 0 N–H and O–H groups in total. The summed E-state index contributed by atoms with van der Waals surface area (Å²) in [6.45, 7) is 13.0. The Morgan fingerprint density at radius 3 is 1.14 bits per heavy atom. The van der Waals surface area contributed by atoms with Gasteiger partial charge in [-0.15, -0.1) is 64.1 Å². The van der Waals surface area contributed by atoms with E-state index in [-0.39, 0.29) is 22.8 Å². The Morgan fingerprint density at radius 2 is 0.769 bits per heavy atom. The van der Waals surface area contributed by atoms with E-state index in [0.717, 1.165) is 104 Å². The van der Waals surface area contributed by atoms with Gasteiger partial charge in [0.1, 0.15) is 69.4 Å². The van der Waals surface area contributed by atoms with Gasteiger partial charge in [-0.05, 0) is 203 Å². The van der Waals surface area contributed by atoms with E-state index in [1.165, 1.54) is 101 Å². The van der Waals surface area contributed by atoms with Crippen molar-refractivity contribution >= 4 is 67.9 Å². The number of thiophene rings is 4. The fourth-order valence-electron chi connectivity index (χ4n) is 8.96. The lowest BCUT2D eigenvalue weighted by Crippen LogP contribution is -2.22. The quantitative estimate of drug-likeness (QED) is 0.0725. The van der Waals surface area contributed by atoms with Crippen molar-refractivity contribution in [3.8, 4) is 43.0 Å². The molecule has 91 heavy (non-hydrogen) atoms. The molecule has 0 atom stereocenters. The van der Waals surface area contributed by atoms with Crippen LogP contribution in [-0.4, -0.2) is 79.2 Å². The standard InChI is InChI=1S/C17H18N4O2S.C16H18N4O2S.C15H16N4O2S.C14H13IN4O2S/c1-11-5-3-4-6-15(11)23-9-13-14(12-7-8-12)10-24-16(13)21-17(22)20(2)18-19-21;1-4-12-10-23-15(20-16(21)19(3)17-18-20)13(12)9-22-14-8-6-5-7-11(14)2;1-10-6-4-5-7-13(10)21-8-12-11(2)9-22-14(12)19-15(20)18(3)16-17-19;1-9-5-3-4-6-12(9)21-7-10-11(15)8-22-13(10)19-14(20)18(2)16-17-19/h3-6,10,12H,7-9H2,1-2H3;5-8,10H,4,9H2,1-3H3;4-7,9H,8H2,1-3H3;3-6,8H,7H2,1-2H3/i3T;5T;4T;3T. The van der Waals surface area contributed by atoms with E-state index >= 15 is 0 Å². The highest BCUT2D eigenvalue weighted by Gasteiger charge is 2.30. The topological polar surface area (TPSA) is 248 Å². The molecule has 0 spiro atoms. The van der Waals surface area contributed by atoms with Gasteiger partial charge in [0, 0.05) is 59.4 Å². The highest BCUT2D eigenvalue weighted by molar-refractivity contribution is 14.1. The van der Waals surface area contributed by atoms with Crippen LogP contribution in [0, 0.1) is 38.2 Å². The van der Waals surface area contributed by atoms with Gasteiger partial charge in [0.15, 0.2) is 0 Å². The van der Waals surface area contributed by atoms with Crippen molar-refractivity contribution in [2.24, 2.45) is 28.2 Å². The molecule has 0 radical (unpaired) electrons. The van der Waals surface area contributed by atoms with Gasteiger partial charge >= 0.3 is 22.8 Å². The monoisotopic (exact) mass is 1420 g/mol. The molecule has 1 saturated carbocycles. The van der Waals surface area contributed by atoms with Gasteiger partial charge in [-0.2, -0.15) is 18.7 Å². The van der Waals surface area contributed by atoms with Gasteiger partial charge in [-0.25, -0.2) is 19.2 Å². The first-order chi connectivity index (χ1) is 45.5. The van der Waals surface area contributed by atoms with Crippen molar-refractivity contribution in [1.29, 1.82) is 0 Å². The van der Waals surface area contributed by atoms with E-state index in [0.29, 0.717) is 61.5 Å². The smallest absolute Gasteiger partial charge is 0.368 e. The minimum Gasteiger partial charge on any atom is -0.489 e. The number of para-hydroxylation sites is 4. The summed E-state index contributed by atoms with van der Waals surface area (Å²) in [5.41, 5.74) is 9.68. The second-order valence-electron chi connectivity index (χ2n) is 20.8. The van der Waals surface area contributed by atoms with E-state index < -0.39 is 0 Å². The number of tetrazole rings is 4. The molecule has 0 unspecified atom stereocenters. The predicted octanol–water partition coefficient (Wildman–Crippen LogP) is 10.0. The number of benzene rings is 4. The van der Waals surface area contributed by atoms with Gasteiger partial charge in [-0.3, -0.25) is 0 Å². The van der Waals surface area contributed by atoms with E-state index in [2.05, 4.69) is 76.6 Å². The molecule has 29 heteroatoms. The molecule has 0 aliphatic heterocycles. The Hall–Kier alpha value is -8.91. The molecule has 1 aliphatic carbocycles. The predicted molar refractivity (Wildman–Crippen MR) is 359 cm³/mol. The van der Waals surface area contributed by atoms with Crippen LogP contribution in [0.5, 0.6) is 23.0 Å². The lowest BCUT2D eigenvalue weighted by Gasteiger charge is -2.11. The van der Waals surface area contributed by atoms with Crippen LogP contribution in [0.25, 0.3) is 20.0 Å². The van der Waals surface area contributed by atoms with Crippen molar-refractivity contribution in [2.75, 3.05) is 0 Å². The normalized spacial score (nSPS) is 12.3. The van der Waals surface area contributed by atoms with Crippen LogP contribution in [0.15, 0.2) is 138 Å². The average molecular weight is 1430 g/mol. The first kappa shape index (κ1) is 59.7. The highest BCUT2D eigenvalue weighted by atomic mass is 127. The van der Waals surface area contributed by atoms with Crippen LogP contribution in [0.1, 0.15) is 92.4 Å². The number of hydrogen-bond acceptors (Lipinski definition) is 20. The minimum absolute atomic E-state index is 0.264. The summed E-state index contributed by atoms with van der Waals surface area (Å²) < 4.78 is 65.2. The third-order valence-electron chi connectivity index (χ3n) is 14.4. The molecule has 1 fully saturated rings. The summed E-state index contributed by atoms with van der Waals surface area (Å²) in [5.74, 6) is 3.48. The maximum absolute atomic E-state index is 12.2. The highest BCUT2D eigenvalue weighted by Crippen LogP contribution is 2.45. The number of hydrogen-bond donors (Lipinski definition) is 0. The van der Waals surface area contributed by atoms with E-state index in [4.69, 9.17) is 24.4 Å². The Kier molecular flexibility index (Phi) is 19.3. The number of aryl methyl sites for hydroxylation is 10. The maximum Gasteiger partial charge on any atom is 0.368 e. The van der Waals surface area contributed by atoms with E-state index in [9.17, 15) is 19.2 Å². The minimum atomic E-state index is -0.292. The SMILES string of the molecule is [3H]c1ccc(OCc2c(C)csc2-n2nnn(C)c2=O)c(C)c1.[3H]c1ccc(OCc2c(C3CC3)csc2-n2nnn(C)c2=O)c(C)c1.[3H]c1ccc(OCc2c(CC)csc2-n2nnn(C)c2=O)c(C)c1.[3H]c1ccc(OCc2c(I)csc2-n2nnn(C)c2=O)c(C)c1. The molecule has 24 nitrogen and oxygen atoms in total. The summed E-state index contributed by atoms with van der Waals surface area (Å²) in [5, 5.41) is 41.7. The Morgan fingerprint density at radius 1 is 0.440 bits per heavy atom. The zero-order chi connectivity index (χ0) is 67.9. The largest absolute Gasteiger partial charge is 0.489 e. The fourth-order valence-corrected chi connectivity index (χ4v) is 14.0. The maximum atomic E-state index is 12.2. The first-order valence-corrected chi connectivity index (χ1v) is 32.9. The number of nitrogens with zero attached hydrogens (tertiary/aromatic N) is 16. The van der Waals surface area contributed by atoms with Crippen LogP contribution < -0.4 is 41.7 Å². The third kappa shape index (κ3) is 15.0. The van der Waals surface area contributed by atoms with Crippen molar-refractivity contribution in [3.63, 3.8) is 0 Å². The lowest BCUT2D eigenvalue weighted by atomic mass is 10.1. The van der Waals surface area contributed by atoms with Gasteiger partial charge in [0.05, 0.1) is 5.48 Å². The summed E-state index contributed by atoms with van der Waals surface area (Å²) in [6, 6.07) is 22.8. The summed E-state index contributed by atoms with van der Waals surface area (Å²) in [6.07, 6.45) is 3.19. The lowest BCUT2D eigenvalue weighted by molar-refractivity contribution is 0.303. The number of ether oxygens (including phenoxy) is 4. The van der Waals surface area contributed by atoms with E-state index in [1.54, 1.807) is 94.9 Å². The number of aromatic nitrogens is 16. The molecule has 0 amide bonds. The molecule has 8 aromatic heterocycles. The molecule has 472 valence electrons. The number of rotatable bonds is 18. The molecule has 4 aromatic carbocycles. The molecular formula is C62H65IN16O8S4. The van der Waals surface area contributed by atoms with Crippen molar-refractivity contribution < 1.29 is 24.4 Å². The molecule has 12 aromatic rings. The van der Waals surface area contributed by atoms with Crippen molar-refractivity contribution in [1.82, 2.24) is 79.2 Å². The second-order valence-corrected chi connectivity index (χ2v) is 25.4. The second kappa shape index (κ2) is 29.4. The molecule has 8 heterocycles. The van der Waals surface area contributed by atoms with Crippen LogP contribution in [0.2, 0.25) is 0 Å². The van der Waals surface area contributed by atoms with Crippen LogP contribution in [-0.2, 0) is 61.0 Å². The average Bonchev–Trinajstić information content (AvgIpc) is 1.65. The molecule has 0 bridgehead atoms. The Balaban J connectivity index is 0.000000138. The zero-order valence-corrected chi connectivity index (χ0v) is 56.6. The van der Waals surface area contributed by atoms with Crippen molar-refractivity contribution in [2.45, 2.75) is 93.2 Å². The van der Waals surface area contributed by atoms with Gasteiger partial charge in [0.2, 0.25) is 0 Å². The Labute approximate surface area is 557 Å². The Bertz CT molecular complexity index is 4820. The molecular weight excluding hydrogens is 1350 g/mol. The first-order valence-electron chi connectivity index (χ1n) is 30.3. The molecule has 0 saturated heterocycles.